The quantitative estimate of drug-likeness (QED) is 0.792. The molecule has 0 aromatic heterocycles. The van der Waals surface area contributed by atoms with Gasteiger partial charge in [-0.25, -0.2) is 17.9 Å². The van der Waals surface area contributed by atoms with Gasteiger partial charge in [0.15, 0.2) is 0 Å². The van der Waals surface area contributed by atoms with E-state index in [2.05, 4.69) is 14.8 Å². The number of methoxy groups -OCH3 is 1. The van der Waals surface area contributed by atoms with Crippen LogP contribution in [-0.4, -0.2) is 40.6 Å². The molecule has 1 aromatic carbocycles. The molecule has 2 rings (SSSR count). The molecule has 1 saturated heterocycles. The van der Waals surface area contributed by atoms with Gasteiger partial charge in [0, 0.05) is 12.6 Å². The Morgan fingerprint density at radius 2 is 2.09 bits per heavy atom. The largest absolute Gasteiger partial charge is 0.465 e. The van der Waals surface area contributed by atoms with Gasteiger partial charge in [-0.2, -0.15) is 0 Å². The van der Waals surface area contributed by atoms with E-state index in [0.717, 1.165) is 13.0 Å². The number of sulfonamides is 1. The minimum Gasteiger partial charge on any atom is -0.465 e. The lowest BCUT2D eigenvalue weighted by Crippen LogP contribution is -2.50. The summed E-state index contributed by atoms with van der Waals surface area (Å²) in [6.45, 7) is 5.15. The average molecular weight is 363 g/mol. The Bertz CT molecular complexity index is 663. The lowest BCUT2D eigenvalue weighted by molar-refractivity contribution is 0.0599. The van der Waals surface area contributed by atoms with Gasteiger partial charge in [0.05, 0.1) is 17.6 Å². The third kappa shape index (κ3) is 4.44. The Morgan fingerprint density at radius 3 is 2.70 bits per heavy atom. The zero-order valence-corrected chi connectivity index (χ0v) is 15.1. The normalized spacial score (nSPS) is 21.3. The number of ether oxygens (including phenoxy) is 1. The monoisotopic (exact) mass is 362 g/mol. The van der Waals surface area contributed by atoms with E-state index >= 15 is 0 Å². The summed E-state index contributed by atoms with van der Waals surface area (Å²) in [5.41, 5.74) is 0.665. The standard InChI is InChI=1S/C15H22N2O4S.ClH/c1-10-7-8-16-9-13(10)17-22(19,20)14-6-4-5-12(11(14)2)15(18)21-3;/h4-6,10,13,16-17H,7-9H2,1-3H3;1H. The minimum absolute atomic E-state index is 0. The first-order valence-corrected chi connectivity index (χ1v) is 8.76. The van der Waals surface area contributed by atoms with Crippen LogP contribution in [0.5, 0.6) is 0 Å². The van der Waals surface area contributed by atoms with Crippen molar-refractivity contribution in [2.24, 2.45) is 5.92 Å². The number of rotatable bonds is 4. The molecule has 1 aromatic rings. The van der Waals surface area contributed by atoms with Gasteiger partial charge in [-0.1, -0.05) is 13.0 Å². The number of carbonyl (C=O) groups excluding carboxylic acids is 1. The van der Waals surface area contributed by atoms with Crippen molar-refractivity contribution in [3.63, 3.8) is 0 Å². The first-order valence-electron chi connectivity index (χ1n) is 7.28. The summed E-state index contributed by atoms with van der Waals surface area (Å²) in [6.07, 6.45) is 0.925. The molecule has 0 radical (unpaired) electrons. The van der Waals surface area contributed by atoms with Crippen molar-refractivity contribution >= 4 is 28.4 Å². The Balaban J connectivity index is 0.00000264. The number of hydrogen-bond donors (Lipinski definition) is 2. The van der Waals surface area contributed by atoms with E-state index in [4.69, 9.17) is 0 Å². The number of halogens is 1. The van der Waals surface area contributed by atoms with E-state index in [1.54, 1.807) is 19.1 Å². The molecule has 0 saturated carbocycles. The lowest BCUT2D eigenvalue weighted by Gasteiger charge is -2.30. The third-order valence-electron chi connectivity index (χ3n) is 4.11. The number of piperidine rings is 1. The van der Waals surface area contributed by atoms with Gasteiger partial charge in [0.25, 0.3) is 0 Å². The van der Waals surface area contributed by atoms with Crippen molar-refractivity contribution in [3.8, 4) is 0 Å². The summed E-state index contributed by atoms with van der Waals surface area (Å²) < 4.78 is 32.7. The molecular weight excluding hydrogens is 340 g/mol. The van der Waals surface area contributed by atoms with Gasteiger partial charge in [-0.3, -0.25) is 0 Å². The van der Waals surface area contributed by atoms with E-state index in [1.807, 2.05) is 6.92 Å². The fourth-order valence-corrected chi connectivity index (χ4v) is 4.26. The fourth-order valence-electron chi connectivity index (χ4n) is 2.65. The second kappa shape index (κ2) is 8.10. The SMILES string of the molecule is COC(=O)c1cccc(S(=O)(=O)NC2CNCCC2C)c1C.Cl. The second-order valence-corrected chi connectivity index (χ2v) is 7.30. The highest BCUT2D eigenvalue weighted by molar-refractivity contribution is 7.89. The molecule has 2 N–H and O–H groups in total. The third-order valence-corrected chi connectivity index (χ3v) is 5.75. The summed E-state index contributed by atoms with van der Waals surface area (Å²) >= 11 is 0. The van der Waals surface area contributed by atoms with E-state index in [-0.39, 0.29) is 34.8 Å². The maximum absolute atomic E-state index is 12.6. The first-order chi connectivity index (χ1) is 10.4. The number of nitrogens with one attached hydrogen (secondary N) is 2. The highest BCUT2D eigenvalue weighted by Crippen LogP contribution is 2.21. The van der Waals surface area contributed by atoms with Crippen LogP contribution in [0.4, 0.5) is 0 Å². The zero-order chi connectivity index (χ0) is 16.3. The fraction of sp³-hybridized carbons (Fsp3) is 0.533. The number of benzene rings is 1. The molecule has 1 fully saturated rings. The number of esters is 1. The molecule has 6 nitrogen and oxygen atoms in total. The van der Waals surface area contributed by atoms with Crippen molar-refractivity contribution in [1.29, 1.82) is 0 Å². The van der Waals surface area contributed by atoms with Gasteiger partial charge in [-0.15, -0.1) is 12.4 Å². The topological polar surface area (TPSA) is 84.5 Å². The van der Waals surface area contributed by atoms with Crippen LogP contribution in [0.2, 0.25) is 0 Å². The van der Waals surface area contributed by atoms with Gasteiger partial charge in [-0.05, 0) is 43.5 Å². The molecule has 0 bridgehead atoms. The van der Waals surface area contributed by atoms with Crippen LogP contribution < -0.4 is 10.0 Å². The smallest absolute Gasteiger partial charge is 0.338 e. The summed E-state index contributed by atoms with van der Waals surface area (Å²) in [4.78, 5) is 11.8. The lowest BCUT2D eigenvalue weighted by atomic mass is 9.96. The van der Waals surface area contributed by atoms with Crippen LogP contribution in [0.1, 0.15) is 29.3 Å². The summed E-state index contributed by atoms with van der Waals surface area (Å²) in [6, 6.07) is 4.46. The van der Waals surface area contributed by atoms with Gasteiger partial charge >= 0.3 is 5.97 Å². The van der Waals surface area contributed by atoms with Gasteiger partial charge in [0.2, 0.25) is 10.0 Å². The van der Waals surface area contributed by atoms with E-state index in [0.29, 0.717) is 12.1 Å². The van der Waals surface area contributed by atoms with Crippen molar-refractivity contribution in [1.82, 2.24) is 10.0 Å². The highest BCUT2D eigenvalue weighted by Gasteiger charge is 2.28. The molecule has 0 amide bonds. The predicted molar refractivity (Wildman–Crippen MR) is 90.5 cm³/mol. The average Bonchev–Trinajstić information content (AvgIpc) is 2.48. The molecule has 2 atom stereocenters. The summed E-state index contributed by atoms with van der Waals surface area (Å²) in [5, 5.41) is 3.19. The molecule has 130 valence electrons. The van der Waals surface area contributed by atoms with E-state index in [1.165, 1.54) is 13.2 Å². The second-order valence-electron chi connectivity index (χ2n) is 5.62. The summed E-state index contributed by atoms with van der Waals surface area (Å²) in [5.74, 6) is -0.276. The van der Waals surface area contributed by atoms with Crippen LogP contribution in [-0.2, 0) is 14.8 Å². The predicted octanol–water partition coefficient (Wildman–Crippen LogP) is 1.48. The van der Waals surface area contributed by atoms with Crippen LogP contribution in [0, 0.1) is 12.8 Å². The van der Waals surface area contributed by atoms with Crippen molar-refractivity contribution < 1.29 is 17.9 Å². The van der Waals surface area contributed by atoms with Crippen molar-refractivity contribution in [3.05, 3.63) is 29.3 Å². The first kappa shape index (κ1) is 19.9. The Morgan fingerprint density at radius 1 is 1.39 bits per heavy atom. The van der Waals surface area contributed by atoms with E-state index in [9.17, 15) is 13.2 Å². The molecule has 2 unspecified atom stereocenters. The van der Waals surface area contributed by atoms with Gasteiger partial charge < -0.3 is 10.1 Å². The molecule has 23 heavy (non-hydrogen) atoms. The molecule has 1 heterocycles. The van der Waals surface area contributed by atoms with Crippen LogP contribution in [0.3, 0.4) is 0 Å². The minimum atomic E-state index is -3.69. The number of hydrogen-bond acceptors (Lipinski definition) is 5. The zero-order valence-electron chi connectivity index (χ0n) is 13.5. The van der Waals surface area contributed by atoms with Crippen LogP contribution in [0.15, 0.2) is 23.1 Å². The summed E-state index contributed by atoms with van der Waals surface area (Å²) in [7, 11) is -2.41. The Hall–Kier alpha value is -1.15. The van der Waals surface area contributed by atoms with Gasteiger partial charge in [0.1, 0.15) is 0 Å². The van der Waals surface area contributed by atoms with Crippen molar-refractivity contribution in [2.45, 2.75) is 31.2 Å². The Kier molecular flexibility index (Phi) is 7.01. The number of carbonyl (C=O) groups is 1. The van der Waals surface area contributed by atoms with E-state index < -0.39 is 16.0 Å². The molecule has 0 aliphatic carbocycles. The maximum Gasteiger partial charge on any atom is 0.338 e. The van der Waals surface area contributed by atoms with Crippen LogP contribution >= 0.6 is 12.4 Å². The molecule has 1 aliphatic rings. The molecule has 0 spiro atoms. The molecule has 1 aliphatic heterocycles. The van der Waals surface area contributed by atoms with Crippen LogP contribution in [0.25, 0.3) is 0 Å². The highest BCUT2D eigenvalue weighted by atomic mass is 35.5. The maximum atomic E-state index is 12.6. The Labute approximate surface area is 143 Å². The van der Waals surface area contributed by atoms with Crippen molar-refractivity contribution in [2.75, 3.05) is 20.2 Å². The molecule has 8 heteroatoms. The molecular formula is C15H23ClN2O4S.